The summed E-state index contributed by atoms with van der Waals surface area (Å²) in [7, 11) is 0. The third-order valence-corrected chi connectivity index (χ3v) is 4.15. The van der Waals surface area contributed by atoms with E-state index in [0.29, 0.717) is 17.8 Å². The predicted molar refractivity (Wildman–Crippen MR) is 64.1 cm³/mol. The van der Waals surface area contributed by atoms with E-state index in [1.165, 1.54) is 24.7 Å². The molecule has 1 nitrogen and oxygen atoms in total. The smallest absolute Gasteiger partial charge is 0.124 e. The monoisotopic (exact) mass is 212 g/mol. The highest BCUT2D eigenvalue weighted by molar-refractivity contribution is 5.59. The zero-order chi connectivity index (χ0) is 11.0. The lowest BCUT2D eigenvalue weighted by molar-refractivity contribution is -0.114. The second-order valence-corrected chi connectivity index (χ2v) is 4.94. The number of hydrogen-bond donors (Lipinski definition) is 0. The van der Waals surface area contributed by atoms with Gasteiger partial charge in [-0.05, 0) is 30.2 Å². The summed E-state index contributed by atoms with van der Waals surface area (Å²) in [5.74, 6) is 1.67. The topological polar surface area (TPSA) is 17.1 Å². The molecule has 0 spiro atoms. The highest BCUT2D eigenvalue weighted by Crippen LogP contribution is 2.48. The van der Waals surface area contributed by atoms with Crippen LogP contribution in [0.5, 0.6) is 0 Å². The molecule has 3 aliphatic rings. The van der Waals surface area contributed by atoms with Gasteiger partial charge in [0.05, 0.1) is 0 Å². The minimum absolute atomic E-state index is 0.200. The summed E-state index contributed by atoms with van der Waals surface area (Å²) in [4.78, 5) is 11.3. The van der Waals surface area contributed by atoms with Crippen molar-refractivity contribution in [3.05, 3.63) is 48.0 Å². The number of rotatable bonds is 2. The number of fused-ring (bicyclic) bond motifs is 2. The Morgan fingerprint density at radius 1 is 1.00 bits per heavy atom. The lowest BCUT2D eigenvalue weighted by atomic mass is 9.61. The van der Waals surface area contributed by atoms with E-state index in [4.69, 9.17) is 0 Å². The first-order valence-corrected chi connectivity index (χ1v) is 6.08. The van der Waals surface area contributed by atoms with Crippen LogP contribution in [0.1, 0.15) is 24.3 Å². The second-order valence-electron chi connectivity index (χ2n) is 4.94. The molecule has 0 aliphatic heterocycles. The summed E-state index contributed by atoms with van der Waals surface area (Å²) in [5.41, 5.74) is 1.33. The second kappa shape index (κ2) is 3.89. The molecule has 1 aromatic carbocycles. The van der Waals surface area contributed by atoms with Gasteiger partial charge in [0.1, 0.15) is 6.29 Å². The molecule has 1 aromatic rings. The van der Waals surface area contributed by atoms with Crippen molar-refractivity contribution in [1.82, 2.24) is 0 Å². The lowest BCUT2D eigenvalue weighted by Gasteiger charge is -2.42. The number of carbonyl (C=O) groups is 1. The van der Waals surface area contributed by atoms with Crippen molar-refractivity contribution in [3.8, 4) is 0 Å². The standard InChI is InChI=1S/C15H16O/c16-10-14-11-6-8-13(9-7-11)15(14)12-4-2-1-3-5-12/h1-6,8,10-11,13-15H,7,9H2/t11-,13+,14+,15+/m1/s1. The average molecular weight is 212 g/mol. The van der Waals surface area contributed by atoms with Crippen molar-refractivity contribution in [2.24, 2.45) is 17.8 Å². The van der Waals surface area contributed by atoms with Gasteiger partial charge < -0.3 is 4.79 Å². The van der Waals surface area contributed by atoms with Gasteiger partial charge in [-0.3, -0.25) is 0 Å². The Hall–Kier alpha value is -1.37. The Morgan fingerprint density at radius 2 is 1.69 bits per heavy atom. The third-order valence-electron chi connectivity index (χ3n) is 4.15. The number of aldehydes is 1. The fourth-order valence-corrected chi connectivity index (χ4v) is 3.36. The highest BCUT2D eigenvalue weighted by Gasteiger charge is 2.40. The van der Waals surface area contributed by atoms with Crippen LogP contribution in [0, 0.1) is 17.8 Å². The molecule has 4 atom stereocenters. The molecule has 1 saturated carbocycles. The molecule has 3 aliphatic carbocycles. The highest BCUT2D eigenvalue weighted by atomic mass is 16.1. The maximum atomic E-state index is 11.3. The molecule has 2 bridgehead atoms. The molecule has 0 aromatic heterocycles. The van der Waals surface area contributed by atoms with Gasteiger partial charge >= 0.3 is 0 Å². The van der Waals surface area contributed by atoms with E-state index in [0.717, 1.165) is 0 Å². The van der Waals surface area contributed by atoms with Crippen LogP contribution in [0.15, 0.2) is 42.5 Å². The first-order valence-electron chi connectivity index (χ1n) is 6.08. The molecule has 1 heteroatoms. The van der Waals surface area contributed by atoms with Crippen LogP contribution in [0.25, 0.3) is 0 Å². The molecular formula is C15H16O. The lowest BCUT2D eigenvalue weighted by Crippen LogP contribution is -2.36. The minimum atomic E-state index is 0.200. The predicted octanol–water partition coefficient (Wildman–Crippen LogP) is 3.18. The summed E-state index contributed by atoms with van der Waals surface area (Å²) < 4.78 is 0. The van der Waals surface area contributed by atoms with Crippen molar-refractivity contribution in [2.45, 2.75) is 18.8 Å². The molecule has 0 heterocycles. The van der Waals surface area contributed by atoms with Gasteiger partial charge in [-0.2, -0.15) is 0 Å². The Morgan fingerprint density at radius 3 is 2.31 bits per heavy atom. The Bertz CT molecular complexity index is 407. The van der Waals surface area contributed by atoms with Crippen molar-refractivity contribution in [2.75, 3.05) is 0 Å². The van der Waals surface area contributed by atoms with E-state index in [9.17, 15) is 4.79 Å². The van der Waals surface area contributed by atoms with E-state index in [-0.39, 0.29) is 5.92 Å². The van der Waals surface area contributed by atoms with Crippen molar-refractivity contribution < 1.29 is 4.79 Å². The van der Waals surface area contributed by atoms with Gasteiger partial charge in [0.15, 0.2) is 0 Å². The molecule has 1 fully saturated rings. The third kappa shape index (κ3) is 1.42. The van der Waals surface area contributed by atoms with Gasteiger partial charge in [-0.25, -0.2) is 0 Å². The summed E-state index contributed by atoms with van der Waals surface area (Å²) in [6.07, 6.45) is 8.19. The Kier molecular flexibility index (Phi) is 2.39. The number of benzene rings is 1. The fourth-order valence-electron chi connectivity index (χ4n) is 3.36. The molecule has 0 unspecified atom stereocenters. The van der Waals surface area contributed by atoms with Crippen molar-refractivity contribution >= 4 is 6.29 Å². The quantitative estimate of drug-likeness (QED) is 0.543. The van der Waals surface area contributed by atoms with Crippen molar-refractivity contribution in [1.29, 1.82) is 0 Å². The van der Waals surface area contributed by atoms with Gasteiger partial charge in [0.2, 0.25) is 0 Å². The maximum Gasteiger partial charge on any atom is 0.124 e. The van der Waals surface area contributed by atoms with E-state index in [2.05, 4.69) is 36.4 Å². The van der Waals surface area contributed by atoms with Crippen LogP contribution >= 0.6 is 0 Å². The van der Waals surface area contributed by atoms with Gasteiger partial charge in [-0.15, -0.1) is 0 Å². The summed E-state index contributed by atoms with van der Waals surface area (Å²) in [6, 6.07) is 10.5. The summed E-state index contributed by atoms with van der Waals surface area (Å²) in [5, 5.41) is 0. The Balaban J connectivity index is 2.00. The van der Waals surface area contributed by atoms with Crippen LogP contribution < -0.4 is 0 Å². The first-order chi connectivity index (χ1) is 7.90. The SMILES string of the molecule is O=C[C@@H]1[C@@H](c2ccccc2)[C@H]2C=C[C@@H]1CC2. The number of allylic oxidation sites excluding steroid dienone is 2. The molecule has 0 saturated heterocycles. The minimum Gasteiger partial charge on any atom is -0.303 e. The fraction of sp³-hybridized carbons (Fsp3) is 0.400. The van der Waals surface area contributed by atoms with Gasteiger partial charge in [0.25, 0.3) is 0 Å². The van der Waals surface area contributed by atoms with Crippen LogP contribution in [0.3, 0.4) is 0 Å². The zero-order valence-corrected chi connectivity index (χ0v) is 9.25. The largest absolute Gasteiger partial charge is 0.303 e. The number of carbonyl (C=O) groups excluding carboxylic acids is 1. The van der Waals surface area contributed by atoms with Crippen LogP contribution in [0.2, 0.25) is 0 Å². The zero-order valence-electron chi connectivity index (χ0n) is 9.25. The van der Waals surface area contributed by atoms with E-state index >= 15 is 0 Å². The summed E-state index contributed by atoms with van der Waals surface area (Å²) in [6.45, 7) is 0. The molecule has 82 valence electrons. The average Bonchev–Trinajstić information content (AvgIpc) is 2.40. The molecule has 16 heavy (non-hydrogen) atoms. The van der Waals surface area contributed by atoms with Crippen LogP contribution in [-0.2, 0) is 4.79 Å². The van der Waals surface area contributed by atoms with E-state index < -0.39 is 0 Å². The Labute approximate surface area is 96.2 Å². The van der Waals surface area contributed by atoms with Crippen LogP contribution in [0.4, 0.5) is 0 Å². The molecule has 0 amide bonds. The van der Waals surface area contributed by atoms with Gasteiger partial charge in [-0.1, -0.05) is 42.5 Å². The van der Waals surface area contributed by atoms with E-state index in [1.54, 1.807) is 0 Å². The maximum absolute atomic E-state index is 11.3. The first kappa shape index (κ1) is 9.83. The molecule has 4 rings (SSSR count). The summed E-state index contributed by atoms with van der Waals surface area (Å²) >= 11 is 0. The van der Waals surface area contributed by atoms with Crippen LogP contribution in [-0.4, -0.2) is 6.29 Å². The normalized spacial score (nSPS) is 36.2. The molecular weight excluding hydrogens is 196 g/mol. The van der Waals surface area contributed by atoms with E-state index in [1.807, 2.05) is 6.07 Å². The van der Waals surface area contributed by atoms with Crippen molar-refractivity contribution in [3.63, 3.8) is 0 Å². The number of hydrogen-bond acceptors (Lipinski definition) is 1. The molecule has 0 N–H and O–H groups in total. The molecule has 0 radical (unpaired) electrons. The van der Waals surface area contributed by atoms with Gasteiger partial charge in [0, 0.05) is 11.8 Å².